The number of nitrogens with zero attached hydrogens (tertiary/aromatic N) is 1. The highest BCUT2D eigenvalue weighted by atomic mass is 16.6. The lowest BCUT2D eigenvalue weighted by atomic mass is 10.2. The largest absolute Gasteiger partial charge is 0.459 e. The van der Waals surface area contributed by atoms with Crippen LogP contribution in [-0.4, -0.2) is 21.1 Å². The van der Waals surface area contributed by atoms with Crippen molar-refractivity contribution in [3.63, 3.8) is 0 Å². The highest BCUT2D eigenvalue weighted by molar-refractivity contribution is 5.69. The third kappa shape index (κ3) is 3.90. The van der Waals surface area contributed by atoms with Crippen molar-refractivity contribution in [3.05, 3.63) is 32.6 Å². The Morgan fingerprint density at radius 2 is 2.00 bits per heavy atom. The Bertz CT molecular complexity index is 534. The lowest BCUT2D eigenvalue weighted by Crippen LogP contribution is -2.35. The Balaban J connectivity index is 2.94. The lowest BCUT2D eigenvalue weighted by molar-refractivity contribution is -0.155. The maximum atomic E-state index is 11.5. The molecule has 1 aromatic rings. The molecule has 0 amide bonds. The lowest BCUT2D eigenvalue weighted by Gasteiger charge is -2.20. The molecule has 0 aromatic carbocycles. The predicted molar refractivity (Wildman–Crippen MR) is 61.9 cm³/mol. The maximum Gasteiger partial charge on any atom is 0.329 e. The van der Waals surface area contributed by atoms with Crippen molar-refractivity contribution < 1.29 is 9.53 Å². The van der Waals surface area contributed by atoms with Crippen molar-refractivity contribution in [2.45, 2.75) is 39.8 Å². The molecule has 0 fully saturated rings. The second kappa shape index (κ2) is 4.57. The van der Waals surface area contributed by atoms with E-state index in [-0.39, 0.29) is 6.54 Å². The molecule has 1 N–H and O–H groups in total. The van der Waals surface area contributed by atoms with E-state index in [4.69, 9.17) is 4.74 Å². The number of H-pyrrole nitrogens is 1. The van der Waals surface area contributed by atoms with Crippen LogP contribution in [-0.2, 0) is 16.1 Å². The first kappa shape index (κ1) is 13.2. The second-order valence-electron chi connectivity index (χ2n) is 4.75. The Kier molecular flexibility index (Phi) is 3.55. The number of esters is 1. The molecule has 0 atom stereocenters. The van der Waals surface area contributed by atoms with Crippen LogP contribution in [0.3, 0.4) is 0 Å². The number of aryl methyl sites for hydroxylation is 1. The van der Waals surface area contributed by atoms with Gasteiger partial charge in [-0.05, 0) is 27.7 Å². The van der Waals surface area contributed by atoms with Gasteiger partial charge in [0.15, 0.2) is 0 Å². The topological polar surface area (TPSA) is 81.2 Å². The van der Waals surface area contributed by atoms with Crippen LogP contribution in [0.5, 0.6) is 0 Å². The SMILES string of the molecule is Cc1cc(=O)[nH]c(=O)n1CC(=O)OC(C)(C)C. The minimum absolute atomic E-state index is 0.210. The van der Waals surface area contributed by atoms with Gasteiger partial charge in [0.05, 0.1) is 0 Å². The molecule has 0 saturated carbocycles. The van der Waals surface area contributed by atoms with Gasteiger partial charge in [0.2, 0.25) is 0 Å². The molecule has 94 valence electrons. The van der Waals surface area contributed by atoms with Gasteiger partial charge in [-0.1, -0.05) is 0 Å². The van der Waals surface area contributed by atoms with Gasteiger partial charge in [0, 0.05) is 11.8 Å². The molecule has 0 aliphatic rings. The maximum absolute atomic E-state index is 11.5. The molecule has 1 rings (SSSR count). The molecular weight excluding hydrogens is 224 g/mol. The van der Waals surface area contributed by atoms with E-state index in [1.54, 1.807) is 27.7 Å². The van der Waals surface area contributed by atoms with Crippen molar-refractivity contribution in [1.29, 1.82) is 0 Å². The van der Waals surface area contributed by atoms with Gasteiger partial charge in [-0.25, -0.2) is 4.79 Å². The van der Waals surface area contributed by atoms with Crippen LogP contribution in [0.15, 0.2) is 15.7 Å². The first-order chi connectivity index (χ1) is 7.69. The number of hydrogen-bond donors (Lipinski definition) is 1. The normalized spacial score (nSPS) is 11.3. The molecule has 1 heterocycles. The van der Waals surface area contributed by atoms with Crippen LogP contribution in [0.1, 0.15) is 26.5 Å². The minimum atomic E-state index is -0.610. The highest BCUT2D eigenvalue weighted by Gasteiger charge is 2.17. The number of carbonyl (C=O) groups excluding carboxylic acids is 1. The number of ether oxygens (including phenoxy) is 1. The molecule has 1 aromatic heterocycles. The van der Waals surface area contributed by atoms with E-state index >= 15 is 0 Å². The van der Waals surface area contributed by atoms with Gasteiger partial charge in [-0.2, -0.15) is 0 Å². The van der Waals surface area contributed by atoms with Crippen molar-refractivity contribution >= 4 is 5.97 Å². The molecule has 6 nitrogen and oxygen atoms in total. The fraction of sp³-hybridized carbons (Fsp3) is 0.545. The van der Waals surface area contributed by atoms with E-state index < -0.39 is 22.8 Å². The van der Waals surface area contributed by atoms with E-state index in [2.05, 4.69) is 4.98 Å². The monoisotopic (exact) mass is 240 g/mol. The first-order valence-electron chi connectivity index (χ1n) is 5.21. The van der Waals surface area contributed by atoms with Gasteiger partial charge in [-0.15, -0.1) is 0 Å². The van der Waals surface area contributed by atoms with E-state index in [1.165, 1.54) is 6.07 Å². The summed E-state index contributed by atoms with van der Waals surface area (Å²) in [4.78, 5) is 36.1. The van der Waals surface area contributed by atoms with Crippen LogP contribution >= 0.6 is 0 Å². The number of aromatic nitrogens is 2. The molecule has 0 radical (unpaired) electrons. The van der Waals surface area contributed by atoms with Gasteiger partial charge >= 0.3 is 11.7 Å². The molecule has 0 aliphatic carbocycles. The zero-order valence-electron chi connectivity index (χ0n) is 10.4. The average molecular weight is 240 g/mol. The van der Waals surface area contributed by atoms with Gasteiger partial charge < -0.3 is 4.74 Å². The van der Waals surface area contributed by atoms with E-state index in [9.17, 15) is 14.4 Å². The summed E-state index contributed by atoms with van der Waals surface area (Å²) >= 11 is 0. The Morgan fingerprint density at radius 1 is 1.41 bits per heavy atom. The van der Waals surface area contributed by atoms with Crippen molar-refractivity contribution in [1.82, 2.24) is 9.55 Å². The Morgan fingerprint density at radius 3 is 2.47 bits per heavy atom. The van der Waals surface area contributed by atoms with E-state index in [0.29, 0.717) is 5.69 Å². The molecule has 0 aliphatic heterocycles. The van der Waals surface area contributed by atoms with Crippen molar-refractivity contribution in [2.75, 3.05) is 0 Å². The molecule has 0 bridgehead atoms. The number of hydrogen-bond acceptors (Lipinski definition) is 4. The molecule has 0 unspecified atom stereocenters. The summed E-state index contributed by atoms with van der Waals surface area (Å²) in [6.45, 7) is 6.61. The van der Waals surface area contributed by atoms with Gasteiger partial charge in [-0.3, -0.25) is 19.1 Å². The third-order valence-electron chi connectivity index (χ3n) is 1.95. The van der Waals surface area contributed by atoms with E-state index in [1.807, 2.05) is 0 Å². The fourth-order valence-electron chi connectivity index (χ4n) is 1.34. The summed E-state index contributed by atoms with van der Waals surface area (Å²) in [5.74, 6) is -0.519. The summed E-state index contributed by atoms with van der Waals surface area (Å²) < 4.78 is 6.25. The van der Waals surface area contributed by atoms with Gasteiger partial charge in [0.25, 0.3) is 5.56 Å². The smallest absolute Gasteiger partial charge is 0.329 e. The number of rotatable bonds is 2. The zero-order valence-corrected chi connectivity index (χ0v) is 10.4. The Hall–Kier alpha value is -1.85. The fourth-order valence-corrected chi connectivity index (χ4v) is 1.34. The van der Waals surface area contributed by atoms with E-state index in [0.717, 1.165) is 4.57 Å². The number of carbonyl (C=O) groups is 1. The summed E-state index contributed by atoms with van der Waals surface area (Å²) in [7, 11) is 0. The molecule has 17 heavy (non-hydrogen) atoms. The van der Waals surface area contributed by atoms with Crippen LogP contribution in [0, 0.1) is 6.92 Å². The third-order valence-corrected chi connectivity index (χ3v) is 1.95. The predicted octanol–water partition coefficient (Wildman–Crippen LogP) is 0.187. The highest BCUT2D eigenvalue weighted by Crippen LogP contribution is 2.07. The minimum Gasteiger partial charge on any atom is -0.459 e. The second-order valence-corrected chi connectivity index (χ2v) is 4.75. The summed E-state index contributed by atoms with van der Waals surface area (Å²) in [6, 6.07) is 1.26. The van der Waals surface area contributed by atoms with Crippen molar-refractivity contribution in [3.8, 4) is 0 Å². The van der Waals surface area contributed by atoms with Crippen LogP contribution in [0.25, 0.3) is 0 Å². The molecule has 0 spiro atoms. The van der Waals surface area contributed by atoms with Crippen molar-refractivity contribution in [2.24, 2.45) is 0 Å². The quantitative estimate of drug-likeness (QED) is 0.748. The van der Waals surface area contributed by atoms with Gasteiger partial charge in [0.1, 0.15) is 12.1 Å². The summed E-state index contributed by atoms with van der Waals surface area (Å²) in [6.07, 6.45) is 0. The summed E-state index contributed by atoms with van der Waals surface area (Å²) in [5.41, 5.74) is -1.27. The Labute approximate surface area is 98.2 Å². The average Bonchev–Trinajstić information content (AvgIpc) is 2.08. The zero-order chi connectivity index (χ0) is 13.2. The standard InChI is InChI=1S/C11H16N2O4/c1-7-5-8(14)12-10(16)13(7)6-9(15)17-11(2,3)4/h5H,6H2,1-4H3,(H,12,14,16). The molecular formula is C11H16N2O4. The molecule has 6 heteroatoms. The van der Waals surface area contributed by atoms with Crippen LogP contribution in [0.2, 0.25) is 0 Å². The summed E-state index contributed by atoms with van der Waals surface area (Å²) in [5, 5.41) is 0. The number of nitrogens with one attached hydrogen (secondary N) is 1. The number of aromatic amines is 1. The van der Waals surface area contributed by atoms with Crippen LogP contribution in [0.4, 0.5) is 0 Å². The molecule has 0 saturated heterocycles. The van der Waals surface area contributed by atoms with Crippen LogP contribution < -0.4 is 11.2 Å². The first-order valence-corrected chi connectivity index (χ1v) is 5.21.